The van der Waals surface area contributed by atoms with E-state index >= 15 is 0 Å². The second-order valence-corrected chi connectivity index (χ2v) is 7.96. The largest absolute Gasteiger partial charge is 0.444 e. The normalized spacial score (nSPS) is 12.7. The van der Waals surface area contributed by atoms with Crippen LogP contribution in [0, 0.1) is 0 Å². The Morgan fingerprint density at radius 1 is 0.808 bits per heavy atom. The minimum Gasteiger partial charge on any atom is -0.444 e. The van der Waals surface area contributed by atoms with Gasteiger partial charge in [0, 0.05) is 32.1 Å². The van der Waals surface area contributed by atoms with E-state index in [0.29, 0.717) is 13.0 Å². The highest BCUT2D eigenvalue weighted by Gasteiger charge is 2.17. The molecule has 26 heavy (non-hydrogen) atoms. The molecule has 0 radical (unpaired) electrons. The Morgan fingerprint density at radius 3 is 1.69 bits per heavy atom. The molecular weight excluding hydrogens is 340 g/mol. The van der Waals surface area contributed by atoms with Crippen LogP contribution in [0.3, 0.4) is 0 Å². The highest BCUT2D eigenvalue weighted by molar-refractivity contribution is 5.76. The van der Waals surface area contributed by atoms with Gasteiger partial charge in [0.05, 0.1) is 0 Å². The van der Waals surface area contributed by atoms with Gasteiger partial charge >= 0.3 is 12.2 Å². The molecule has 0 heterocycles. The fourth-order valence-corrected chi connectivity index (χ4v) is 1.77. The number of ether oxygens (including phenoxy) is 2. The van der Waals surface area contributed by atoms with Crippen molar-refractivity contribution in [1.29, 1.82) is 0 Å². The summed E-state index contributed by atoms with van der Waals surface area (Å²) in [6.45, 7) is 11.5. The second-order valence-electron chi connectivity index (χ2n) is 7.96. The van der Waals surface area contributed by atoms with Crippen LogP contribution >= 0.6 is 0 Å². The van der Waals surface area contributed by atoms with Gasteiger partial charge in [0.2, 0.25) is 5.91 Å². The molecule has 5 N–H and O–H groups in total. The average Bonchev–Trinajstić information content (AvgIpc) is 2.39. The van der Waals surface area contributed by atoms with Crippen LogP contribution < -0.4 is 21.7 Å². The lowest BCUT2D eigenvalue weighted by atomic mass is 10.1. The quantitative estimate of drug-likeness (QED) is 0.473. The van der Waals surface area contributed by atoms with Crippen molar-refractivity contribution in [1.82, 2.24) is 16.0 Å². The fourth-order valence-electron chi connectivity index (χ4n) is 1.77. The highest BCUT2D eigenvalue weighted by atomic mass is 16.6. The minimum atomic E-state index is -0.562. The van der Waals surface area contributed by atoms with Gasteiger partial charge < -0.3 is 31.2 Å². The number of hydrogen-bond donors (Lipinski definition) is 4. The number of alkyl carbamates (subject to hydrolysis) is 2. The maximum absolute atomic E-state index is 11.8. The van der Waals surface area contributed by atoms with Crippen molar-refractivity contribution < 1.29 is 23.9 Å². The maximum Gasteiger partial charge on any atom is 0.407 e. The summed E-state index contributed by atoms with van der Waals surface area (Å²) in [5.74, 6) is -0.222. The third-order valence-electron chi connectivity index (χ3n) is 2.75. The Balaban J connectivity index is 3.80. The van der Waals surface area contributed by atoms with E-state index in [0.717, 1.165) is 0 Å². The summed E-state index contributed by atoms with van der Waals surface area (Å²) in [6.07, 6.45) is -0.468. The molecular formula is C17H34N4O5. The van der Waals surface area contributed by atoms with Crippen LogP contribution in [0.2, 0.25) is 0 Å². The third kappa shape index (κ3) is 15.5. The van der Waals surface area contributed by atoms with Gasteiger partial charge in [-0.25, -0.2) is 9.59 Å². The molecule has 1 atom stereocenters. The van der Waals surface area contributed by atoms with E-state index in [1.807, 2.05) is 0 Å². The molecule has 0 aromatic carbocycles. The number of amides is 3. The number of nitrogens with one attached hydrogen (secondary N) is 3. The molecule has 3 amide bonds. The molecule has 0 rings (SSSR count). The molecule has 0 bridgehead atoms. The molecule has 9 nitrogen and oxygen atoms in total. The predicted octanol–water partition coefficient (Wildman–Crippen LogP) is 1.26. The zero-order valence-corrected chi connectivity index (χ0v) is 16.7. The Morgan fingerprint density at radius 2 is 1.23 bits per heavy atom. The summed E-state index contributed by atoms with van der Waals surface area (Å²) in [5, 5.41) is 7.80. The molecule has 0 fully saturated rings. The molecule has 0 aromatic heterocycles. The SMILES string of the molecule is CC(C)(C)OC(=O)NCCNC(=O)CC(N)CCNC(=O)OC(C)(C)C. The van der Waals surface area contributed by atoms with Crippen molar-refractivity contribution in [3.8, 4) is 0 Å². The molecule has 0 saturated heterocycles. The molecule has 0 aliphatic heterocycles. The number of hydrogen-bond acceptors (Lipinski definition) is 6. The van der Waals surface area contributed by atoms with E-state index in [1.54, 1.807) is 41.5 Å². The van der Waals surface area contributed by atoms with Crippen molar-refractivity contribution >= 4 is 18.1 Å². The summed E-state index contributed by atoms with van der Waals surface area (Å²) in [4.78, 5) is 34.7. The van der Waals surface area contributed by atoms with Crippen molar-refractivity contribution in [2.45, 2.75) is 71.6 Å². The van der Waals surface area contributed by atoms with Crippen LogP contribution in [0.5, 0.6) is 0 Å². The van der Waals surface area contributed by atoms with E-state index in [1.165, 1.54) is 0 Å². The van der Waals surface area contributed by atoms with E-state index in [4.69, 9.17) is 15.2 Å². The molecule has 0 spiro atoms. The summed E-state index contributed by atoms with van der Waals surface area (Å²) >= 11 is 0. The summed E-state index contributed by atoms with van der Waals surface area (Å²) in [7, 11) is 0. The van der Waals surface area contributed by atoms with Gasteiger partial charge in [0.25, 0.3) is 0 Å². The Bertz CT molecular complexity index is 469. The van der Waals surface area contributed by atoms with Gasteiger partial charge in [0.1, 0.15) is 11.2 Å². The maximum atomic E-state index is 11.8. The molecule has 9 heteroatoms. The van der Waals surface area contributed by atoms with Crippen LogP contribution in [0.4, 0.5) is 9.59 Å². The van der Waals surface area contributed by atoms with Crippen molar-refractivity contribution in [3.63, 3.8) is 0 Å². The van der Waals surface area contributed by atoms with Crippen molar-refractivity contribution in [2.75, 3.05) is 19.6 Å². The Kier molecular flexibility index (Phi) is 10.0. The standard InChI is InChI=1S/C17H34N4O5/c1-16(2,3)25-14(23)20-8-7-12(18)11-13(22)19-9-10-21-15(24)26-17(4,5)6/h12H,7-11,18H2,1-6H3,(H,19,22)(H,20,23)(H,21,24). The highest BCUT2D eigenvalue weighted by Crippen LogP contribution is 2.07. The van der Waals surface area contributed by atoms with Crippen LogP contribution in [0.25, 0.3) is 0 Å². The first kappa shape index (κ1) is 24.0. The van der Waals surface area contributed by atoms with Gasteiger partial charge in [-0.05, 0) is 48.0 Å². The monoisotopic (exact) mass is 374 g/mol. The fraction of sp³-hybridized carbons (Fsp3) is 0.824. The van der Waals surface area contributed by atoms with E-state index in [2.05, 4.69) is 16.0 Å². The first-order valence-corrected chi connectivity index (χ1v) is 8.74. The van der Waals surface area contributed by atoms with Gasteiger partial charge in [-0.3, -0.25) is 4.79 Å². The Hall–Kier alpha value is -2.03. The number of nitrogens with two attached hydrogens (primary N) is 1. The molecule has 0 aliphatic rings. The van der Waals surface area contributed by atoms with Gasteiger partial charge in [0.15, 0.2) is 0 Å². The number of carbonyl (C=O) groups excluding carboxylic acids is 3. The van der Waals surface area contributed by atoms with Crippen LogP contribution in [-0.2, 0) is 14.3 Å². The van der Waals surface area contributed by atoms with Crippen LogP contribution in [0.1, 0.15) is 54.4 Å². The lowest BCUT2D eigenvalue weighted by Crippen LogP contribution is -2.40. The molecule has 0 saturated carbocycles. The molecule has 0 aliphatic carbocycles. The topological polar surface area (TPSA) is 132 Å². The summed E-state index contributed by atoms with van der Waals surface area (Å²) in [6, 6.07) is -0.385. The predicted molar refractivity (Wildman–Crippen MR) is 98.7 cm³/mol. The smallest absolute Gasteiger partial charge is 0.407 e. The van der Waals surface area contributed by atoms with Crippen molar-refractivity contribution in [3.05, 3.63) is 0 Å². The molecule has 152 valence electrons. The van der Waals surface area contributed by atoms with Crippen molar-refractivity contribution in [2.24, 2.45) is 5.73 Å². The molecule has 1 unspecified atom stereocenters. The third-order valence-corrected chi connectivity index (χ3v) is 2.75. The molecule has 0 aromatic rings. The average molecular weight is 374 g/mol. The summed E-state index contributed by atoms with van der Waals surface area (Å²) < 4.78 is 10.2. The lowest BCUT2D eigenvalue weighted by Gasteiger charge is -2.20. The van der Waals surface area contributed by atoms with Gasteiger partial charge in [-0.2, -0.15) is 0 Å². The number of carbonyl (C=O) groups is 3. The first-order valence-electron chi connectivity index (χ1n) is 8.74. The first-order chi connectivity index (χ1) is 11.8. The zero-order chi connectivity index (χ0) is 20.4. The zero-order valence-electron chi connectivity index (χ0n) is 16.7. The minimum absolute atomic E-state index is 0.127. The van der Waals surface area contributed by atoms with Gasteiger partial charge in [-0.1, -0.05) is 0 Å². The Labute approximate surface area is 155 Å². The van der Waals surface area contributed by atoms with E-state index in [-0.39, 0.29) is 31.5 Å². The lowest BCUT2D eigenvalue weighted by molar-refractivity contribution is -0.121. The van der Waals surface area contributed by atoms with Crippen LogP contribution in [-0.4, -0.2) is 55.0 Å². The van der Waals surface area contributed by atoms with E-state index in [9.17, 15) is 14.4 Å². The van der Waals surface area contributed by atoms with Gasteiger partial charge in [-0.15, -0.1) is 0 Å². The number of rotatable bonds is 8. The summed E-state index contributed by atoms with van der Waals surface area (Å²) in [5.41, 5.74) is 4.75. The van der Waals surface area contributed by atoms with Crippen LogP contribution in [0.15, 0.2) is 0 Å². The second kappa shape index (κ2) is 10.8. The van der Waals surface area contributed by atoms with E-state index < -0.39 is 23.4 Å².